The van der Waals surface area contributed by atoms with E-state index in [0.29, 0.717) is 27.1 Å². The predicted molar refractivity (Wildman–Crippen MR) is 159 cm³/mol. The molecule has 1 aromatic heterocycles. The van der Waals surface area contributed by atoms with Crippen LogP contribution in [0.1, 0.15) is 19.8 Å². The summed E-state index contributed by atoms with van der Waals surface area (Å²) in [5, 5.41) is 9.50. The summed E-state index contributed by atoms with van der Waals surface area (Å²) in [5.74, 6) is 1.25. The number of hydrogen-bond donors (Lipinski definition) is 2. The first kappa shape index (κ1) is 35.8. The van der Waals surface area contributed by atoms with E-state index in [1.54, 1.807) is 18.2 Å². The van der Waals surface area contributed by atoms with Crippen LogP contribution in [0, 0.1) is 0 Å². The number of halogens is 8. The number of nitrogens with one attached hydrogen (secondary N) is 2. The molecule has 192 valence electrons. The van der Waals surface area contributed by atoms with Gasteiger partial charge in [0.05, 0.1) is 5.52 Å². The topological polar surface area (TPSA) is 53.1 Å². The molecule has 0 bridgehead atoms. The Hall–Kier alpha value is -0.340. The predicted octanol–water partition coefficient (Wildman–Crippen LogP) is 8.34. The van der Waals surface area contributed by atoms with E-state index in [1.165, 1.54) is 6.42 Å². The largest absolute Gasteiger partial charge is 0.365 e. The lowest BCUT2D eigenvalue weighted by Crippen LogP contribution is -2.42. The highest BCUT2D eigenvalue weighted by molar-refractivity contribution is 6.35. The van der Waals surface area contributed by atoms with Crippen LogP contribution in [0.5, 0.6) is 0 Å². The van der Waals surface area contributed by atoms with Crippen molar-refractivity contribution >= 4 is 125 Å². The van der Waals surface area contributed by atoms with Crippen molar-refractivity contribution in [2.24, 2.45) is 0 Å². The molecule has 1 aliphatic rings. The summed E-state index contributed by atoms with van der Waals surface area (Å²) in [5.41, 5.74) is 1.54. The fraction of sp³-hybridized carbons (Fsp3) is 0.333. The van der Waals surface area contributed by atoms with Gasteiger partial charge in [0.25, 0.3) is 0 Å². The molecule has 0 aliphatic carbocycles. The third-order valence-corrected chi connectivity index (χ3v) is 5.74. The second kappa shape index (κ2) is 16.4. The smallest absolute Gasteiger partial charge is 0.229 e. The lowest BCUT2D eigenvalue weighted by atomic mass is 10.1. The first-order valence-electron chi connectivity index (χ1n) is 9.69. The van der Waals surface area contributed by atoms with Gasteiger partial charge in [-0.05, 0) is 62.3 Å². The number of fused-ring (bicyclic) bond motifs is 1. The number of rotatable bonds is 5. The molecule has 0 saturated carbocycles. The highest BCUT2D eigenvalue weighted by Crippen LogP contribution is 2.29. The molecule has 3 aromatic rings. The minimum atomic E-state index is 0. The Balaban J connectivity index is 0. The molecule has 1 fully saturated rings. The molecule has 0 spiro atoms. The van der Waals surface area contributed by atoms with Crippen LogP contribution in [0.3, 0.4) is 0 Å². The van der Waals surface area contributed by atoms with Crippen molar-refractivity contribution in [1.82, 2.24) is 14.9 Å². The van der Waals surface area contributed by atoms with Gasteiger partial charge in [0.15, 0.2) is 0 Å². The summed E-state index contributed by atoms with van der Waals surface area (Å²) < 4.78 is 0. The average molecular weight is 633 g/mol. The number of nitrogens with zero attached hydrogens (tertiary/aromatic N) is 3. The van der Waals surface area contributed by atoms with Crippen LogP contribution in [-0.2, 0) is 0 Å². The number of likely N-dealkylation sites (tertiary alicyclic amines) is 1. The number of hydrogen-bond acceptors (Lipinski definition) is 5. The summed E-state index contributed by atoms with van der Waals surface area (Å²) in [6, 6.07) is 11.2. The fourth-order valence-electron chi connectivity index (χ4n) is 3.68. The van der Waals surface area contributed by atoms with E-state index in [-0.39, 0.29) is 62.0 Å². The minimum Gasteiger partial charge on any atom is -0.365 e. The van der Waals surface area contributed by atoms with Crippen LogP contribution in [0.15, 0.2) is 36.4 Å². The third-order valence-electron chi connectivity index (χ3n) is 5.07. The molecule has 0 amide bonds. The van der Waals surface area contributed by atoms with Crippen molar-refractivity contribution in [2.75, 3.05) is 30.3 Å². The van der Waals surface area contributed by atoms with Gasteiger partial charge in [-0.3, -0.25) is 0 Å². The molecule has 2 heterocycles. The number of benzene rings is 2. The highest BCUT2D eigenvalue weighted by atomic mass is 35.5. The summed E-state index contributed by atoms with van der Waals surface area (Å²) in [4.78, 5) is 11.8. The molecular formula is C21H27Cl8N5. The number of aromatic nitrogens is 2. The first-order valence-corrected chi connectivity index (χ1v) is 10.8. The van der Waals surface area contributed by atoms with Crippen LogP contribution < -0.4 is 10.6 Å². The molecule has 1 unspecified atom stereocenters. The lowest BCUT2D eigenvalue weighted by molar-refractivity contribution is 0.226. The zero-order valence-corrected chi connectivity index (χ0v) is 24.4. The monoisotopic (exact) mass is 629 g/mol. The van der Waals surface area contributed by atoms with Crippen molar-refractivity contribution < 1.29 is 0 Å². The Kier molecular flexibility index (Phi) is 17.3. The maximum Gasteiger partial charge on any atom is 0.229 e. The van der Waals surface area contributed by atoms with E-state index < -0.39 is 0 Å². The Labute approximate surface area is 246 Å². The zero-order valence-electron chi connectivity index (χ0n) is 18.1. The van der Waals surface area contributed by atoms with Gasteiger partial charge < -0.3 is 15.5 Å². The second-order valence-corrected chi connectivity index (χ2v) is 8.53. The van der Waals surface area contributed by atoms with Crippen molar-refractivity contribution in [3.05, 3.63) is 51.5 Å². The van der Waals surface area contributed by atoms with Gasteiger partial charge in [0, 0.05) is 38.7 Å². The van der Waals surface area contributed by atoms with E-state index in [9.17, 15) is 0 Å². The quantitative estimate of drug-likeness (QED) is 0.296. The van der Waals surface area contributed by atoms with Gasteiger partial charge in [0.1, 0.15) is 5.82 Å². The van der Waals surface area contributed by atoms with E-state index in [2.05, 4.69) is 27.4 Å². The third kappa shape index (κ3) is 9.27. The Bertz CT molecular complexity index is 1020. The Morgan fingerprint density at radius 3 is 2.24 bits per heavy atom. The van der Waals surface area contributed by atoms with Gasteiger partial charge in [-0.1, -0.05) is 41.7 Å². The summed E-state index contributed by atoms with van der Waals surface area (Å²) in [6.45, 7) is 5.39. The van der Waals surface area contributed by atoms with Crippen molar-refractivity contribution in [1.29, 1.82) is 0 Å². The van der Waals surface area contributed by atoms with Crippen LogP contribution in [-0.4, -0.2) is 40.5 Å². The summed E-state index contributed by atoms with van der Waals surface area (Å²) in [7, 11) is 0. The SMILES string of the molecule is CCN1CCCC(Nc2nc(Nc3cc(Cl)cc(Cl)c3)nc3ccc(Cl)cc23)C1.Cl.Cl.Cl.Cl.Cl. The lowest BCUT2D eigenvalue weighted by Gasteiger charge is -2.32. The number of likely N-dealkylation sites (N-methyl/N-ethyl adjacent to an activating group) is 1. The van der Waals surface area contributed by atoms with Crippen molar-refractivity contribution in [3.8, 4) is 0 Å². The minimum absolute atomic E-state index is 0. The molecule has 2 N–H and O–H groups in total. The van der Waals surface area contributed by atoms with Gasteiger partial charge in [-0.25, -0.2) is 4.98 Å². The maximum absolute atomic E-state index is 6.25. The van der Waals surface area contributed by atoms with Gasteiger partial charge >= 0.3 is 0 Å². The van der Waals surface area contributed by atoms with Gasteiger partial charge in [-0.2, -0.15) is 4.98 Å². The molecule has 1 saturated heterocycles. The number of anilines is 3. The highest BCUT2D eigenvalue weighted by Gasteiger charge is 2.20. The van der Waals surface area contributed by atoms with E-state index in [0.717, 1.165) is 48.5 Å². The molecule has 0 radical (unpaired) electrons. The second-order valence-electron chi connectivity index (χ2n) is 7.22. The van der Waals surface area contributed by atoms with Crippen LogP contribution in [0.2, 0.25) is 15.1 Å². The molecule has 4 rings (SSSR count). The molecule has 1 aliphatic heterocycles. The van der Waals surface area contributed by atoms with Crippen molar-refractivity contribution in [2.45, 2.75) is 25.8 Å². The zero-order chi connectivity index (χ0) is 20.4. The van der Waals surface area contributed by atoms with Gasteiger partial charge in [-0.15, -0.1) is 62.0 Å². The molecule has 2 aromatic carbocycles. The van der Waals surface area contributed by atoms with E-state index >= 15 is 0 Å². The van der Waals surface area contributed by atoms with Crippen LogP contribution in [0.25, 0.3) is 10.9 Å². The van der Waals surface area contributed by atoms with Crippen LogP contribution in [0.4, 0.5) is 17.5 Å². The molecule has 13 heteroatoms. The van der Waals surface area contributed by atoms with Gasteiger partial charge in [0.2, 0.25) is 5.95 Å². The average Bonchev–Trinajstić information content (AvgIpc) is 2.68. The normalized spacial score (nSPS) is 14.9. The molecule has 34 heavy (non-hydrogen) atoms. The Morgan fingerprint density at radius 2 is 1.59 bits per heavy atom. The van der Waals surface area contributed by atoms with E-state index in [4.69, 9.17) is 39.8 Å². The van der Waals surface area contributed by atoms with E-state index in [1.807, 2.05) is 18.2 Å². The summed E-state index contributed by atoms with van der Waals surface area (Å²) in [6.07, 6.45) is 2.27. The standard InChI is InChI=1S/C21H22Cl3N5.5ClH/c1-2-29-7-3-4-16(12-29)25-20-18-11-13(22)5-6-19(18)27-21(28-20)26-17-9-14(23)8-15(24)10-17;;;;;/h5-6,8-11,16H,2-4,7,12H2,1H3,(H2,25,26,27,28);5*1H. The molecule has 1 atom stereocenters. The number of piperidine rings is 1. The molecular weight excluding hydrogens is 606 g/mol. The van der Waals surface area contributed by atoms with Crippen molar-refractivity contribution in [3.63, 3.8) is 0 Å². The Morgan fingerprint density at radius 1 is 0.912 bits per heavy atom. The summed E-state index contributed by atoms with van der Waals surface area (Å²) >= 11 is 18.5. The fourth-order valence-corrected chi connectivity index (χ4v) is 4.37. The first-order chi connectivity index (χ1) is 14.0. The maximum atomic E-state index is 6.25. The molecule has 5 nitrogen and oxygen atoms in total. The van der Waals surface area contributed by atoms with Crippen LogP contribution >= 0.6 is 96.8 Å².